The Labute approximate surface area is 162 Å². The van der Waals surface area contributed by atoms with Crippen LogP contribution in [0.4, 0.5) is 0 Å². The lowest BCUT2D eigenvalue weighted by Crippen LogP contribution is -2.16. The van der Waals surface area contributed by atoms with Crippen LogP contribution in [-0.4, -0.2) is 8.07 Å². The lowest BCUT2D eigenvalue weighted by Gasteiger charge is -2.03. The van der Waals surface area contributed by atoms with Gasteiger partial charge in [-0.3, -0.25) is 0 Å². The number of thiophene rings is 2. The van der Waals surface area contributed by atoms with E-state index in [1.165, 1.54) is 23.8 Å². The molecule has 0 saturated heterocycles. The number of rotatable bonds is 2. The second-order valence-corrected chi connectivity index (χ2v) is 15.1. The Morgan fingerprint density at radius 3 is 2.13 bits per heavy atom. The number of aryl methyl sites for hydroxylation is 2. The molecular weight excluding hydrogens is 447 g/mol. The van der Waals surface area contributed by atoms with Crippen LogP contribution < -0.4 is 0 Å². The fraction of sp³-hybridized carbons (Fsp3) is 0.368. The molecule has 0 nitrogen and oxygen atoms in total. The molecule has 0 N–H and O–H groups in total. The standard InChI is InChI=1S/C19H21IS2Si/c1-6-14-12-16(21-18(14)10-11-23(3,4)5)8-9-17-15(7-2)13-19(20)22-17/h12-13H,6-7H2,1-5H3. The maximum Gasteiger partial charge on any atom is 0.129 e. The fourth-order valence-electron chi connectivity index (χ4n) is 1.98. The fourth-order valence-corrected chi connectivity index (χ4v) is 5.40. The number of hydrogen-bond acceptors (Lipinski definition) is 2. The summed E-state index contributed by atoms with van der Waals surface area (Å²) in [6.07, 6.45) is 2.06. The molecule has 2 aromatic heterocycles. The third kappa shape index (κ3) is 5.50. The van der Waals surface area contributed by atoms with E-state index in [9.17, 15) is 0 Å². The van der Waals surface area contributed by atoms with Gasteiger partial charge in [0.15, 0.2) is 0 Å². The minimum absolute atomic E-state index is 1.02. The van der Waals surface area contributed by atoms with Crippen LogP contribution in [0.2, 0.25) is 19.6 Å². The zero-order valence-electron chi connectivity index (χ0n) is 14.3. The van der Waals surface area contributed by atoms with Gasteiger partial charge in [-0.15, -0.1) is 28.2 Å². The molecule has 4 heteroatoms. The van der Waals surface area contributed by atoms with Crippen LogP contribution in [0.3, 0.4) is 0 Å². The predicted molar refractivity (Wildman–Crippen MR) is 116 cm³/mol. The van der Waals surface area contributed by atoms with Gasteiger partial charge in [0.2, 0.25) is 0 Å². The van der Waals surface area contributed by atoms with Crippen LogP contribution in [0.1, 0.15) is 39.6 Å². The van der Waals surface area contributed by atoms with Crippen molar-refractivity contribution in [1.82, 2.24) is 0 Å². The second kappa shape index (κ2) is 8.03. The summed E-state index contributed by atoms with van der Waals surface area (Å²) in [6.45, 7) is 11.2. The van der Waals surface area contributed by atoms with E-state index in [4.69, 9.17) is 0 Å². The van der Waals surface area contributed by atoms with Gasteiger partial charge >= 0.3 is 0 Å². The molecule has 0 unspecified atom stereocenters. The van der Waals surface area contributed by atoms with Crippen molar-refractivity contribution in [3.05, 3.63) is 40.8 Å². The summed E-state index contributed by atoms with van der Waals surface area (Å²) in [4.78, 5) is 3.54. The molecule has 120 valence electrons. The van der Waals surface area contributed by atoms with Gasteiger partial charge in [0.05, 0.1) is 17.5 Å². The van der Waals surface area contributed by atoms with Crippen molar-refractivity contribution in [2.24, 2.45) is 0 Å². The molecule has 0 saturated carbocycles. The highest BCUT2D eigenvalue weighted by molar-refractivity contribution is 14.1. The van der Waals surface area contributed by atoms with E-state index < -0.39 is 8.07 Å². The molecule has 0 radical (unpaired) electrons. The molecular formula is C19H21IS2Si. The van der Waals surface area contributed by atoms with Crippen molar-refractivity contribution in [3.63, 3.8) is 0 Å². The van der Waals surface area contributed by atoms with Gasteiger partial charge in [0.25, 0.3) is 0 Å². The molecule has 2 aromatic rings. The summed E-state index contributed by atoms with van der Waals surface area (Å²) in [7, 11) is -1.34. The van der Waals surface area contributed by atoms with Gasteiger partial charge in [-0.05, 0) is 70.5 Å². The lowest BCUT2D eigenvalue weighted by molar-refractivity contribution is 1.15. The first-order chi connectivity index (χ1) is 10.8. The van der Waals surface area contributed by atoms with Crippen molar-refractivity contribution >= 4 is 53.3 Å². The van der Waals surface area contributed by atoms with E-state index in [1.807, 2.05) is 0 Å². The number of hydrogen-bond donors (Lipinski definition) is 0. The van der Waals surface area contributed by atoms with Gasteiger partial charge < -0.3 is 0 Å². The maximum absolute atomic E-state index is 3.47. The van der Waals surface area contributed by atoms with E-state index in [2.05, 4.69) is 91.5 Å². The van der Waals surface area contributed by atoms with E-state index in [-0.39, 0.29) is 0 Å². The molecule has 0 aliphatic heterocycles. The molecule has 2 heterocycles. The SMILES string of the molecule is CCc1cc(I)sc1C#Cc1cc(CC)c(C#C[Si](C)(C)C)s1. The molecule has 0 fully saturated rings. The summed E-state index contributed by atoms with van der Waals surface area (Å²) in [5, 5.41) is 0. The Morgan fingerprint density at radius 1 is 0.913 bits per heavy atom. The monoisotopic (exact) mass is 468 g/mol. The Morgan fingerprint density at radius 2 is 1.52 bits per heavy atom. The van der Waals surface area contributed by atoms with Gasteiger partial charge in [0, 0.05) is 0 Å². The van der Waals surface area contributed by atoms with Crippen molar-refractivity contribution < 1.29 is 0 Å². The quantitative estimate of drug-likeness (QED) is 0.281. The highest BCUT2D eigenvalue weighted by Crippen LogP contribution is 2.25. The van der Waals surface area contributed by atoms with Crippen molar-refractivity contribution in [1.29, 1.82) is 0 Å². The molecule has 23 heavy (non-hydrogen) atoms. The first-order valence-electron chi connectivity index (χ1n) is 7.78. The van der Waals surface area contributed by atoms with E-state index in [1.54, 1.807) is 22.7 Å². The third-order valence-electron chi connectivity index (χ3n) is 3.20. The van der Waals surface area contributed by atoms with E-state index in [0.717, 1.165) is 17.7 Å². The average Bonchev–Trinajstić information content (AvgIpc) is 3.04. The molecule has 0 aliphatic rings. The lowest BCUT2D eigenvalue weighted by atomic mass is 10.2. The Hall–Kier alpha value is -0.533. The van der Waals surface area contributed by atoms with Gasteiger partial charge in [-0.1, -0.05) is 39.4 Å². The van der Waals surface area contributed by atoms with Gasteiger partial charge in [-0.2, -0.15) is 0 Å². The molecule has 2 rings (SSSR count). The molecule has 0 atom stereocenters. The van der Waals surface area contributed by atoms with E-state index in [0.29, 0.717) is 0 Å². The molecule has 0 bridgehead atoms. The van der Waals surface area contributed by atoms with Crippen LogP contribution in [0.15, 0.2) is 12.1 Å². The van der Waals surface area contributed by atoms with Crippen LogP contribution in [0.5, 0.6) is 0 Å². The highest BCUT2D eigenvalue weighted by atomic mass is 127. The molecule has 0 spiro atoms. The minimum Gasteiger partial charge on any atom is -0.126 e. The zero-order valence-corrected chi connectivity index (χ0v) is 19.1. The molecule has 0 amide bonds. The van der Waals surface area contributed by atoms with Crippen LogP contribution in [0.25, 0.3) is 0 Å². The summed E-state index contributed by atoms with van der Waals surface area (Å²) in [6, 6.07) is 4.46. The summed E-state index contributed by atoms with van der Waals surface area (Å²) in [5.41, 5.74) is 6.17. The van der Waals surface area contributed by atoms with Crippen LogP contribution in [-0.2, 0) is 12.8 Å². The smallest absolute Gasteiger partial charge is 0.126 e. The van der Waals surface area contributed by atoms with Gasteiger partial charge in [-0.25, -0.2) is 0 Å². The van der Waals surface area contributed by atoms with Crippen LogP contribution in [0, 0.1) is 26.2 Å². The Bertz CT molecular complexity index is 814. The normalized spacial score (nSPS) is 10.7. The van der Waals surface area contributed by atoms with E-state index >= 15 is 0 Å². The highest BCUT2D eigenvalue weighted by Gasteiger charge is 2.10. The van der Waals surface area contributed by atoms with Crippen molar-refractivity contribution in [2.75, 3.05) is 0 Å². The third-order valence-corrected chi connectivity index (χ3v) is 6.94. The molecule has 0 aliphatic carbocycles. The molecule has 0 aromatic carbocycles. The first-order valence-corrected chi connectivity index (χ1v) is 14.0. The summed E-state index contributed by atoms with van der Waals surface area (Å²) in [5.74, 6) is 10.1. The first kappa shape index (κ1) is 18.8. The van der Waals surface area contributed by atoms with Crippen molar-refractivity contribution in [3.8, 4) is 23.3 Å². The summed E-state index contributed by atoms with van der Waals surface area (Å²) >= 11 is 5.90. The summed E-state index contributed by atoms with van der Waals surface area (Å²) < 4.78 is 1.31. The second-order valence-electron chi connectivity index (χ2n) is 6.33. The topological polar surface area (TPSA) is 0 Å². The Kier molecular flexibility index (Phi) is 6.56. The largest absolute Gasteiger partial charge is 0.129 e. The van der Waals surface area contributed by atoms with Gasteiger partial charge in [0.1, 0.15) is 8.07 Å². The minimum atomic E-state index is -1.34. The number of halogens is 1. The van der Waals surface area contributed by atoms with Crippen LogP contribution >= 0.6 is 45.3 Å². The average molecular weight is 469 g/mol. The maximum atomic E-state index is 3.47. The van der Waals surface area contributed by atoms with Crippen molar-refractivity contribution in [2.45, 2.75) is 46.3 Å². The zero-order chi connectivity index (χ0) is 17.0. The predicted octanol–water partition coefficient (Wildman–Crippen LogP) is 6.17. The Balaban J connectivity index is 2.33.